The molecule has 4 atom stereocenters. The predicted octanol–water partition coefficient (Wildman–Crippen LogP) is 1.32. The van der Waals surface area contributed by atoms with E-state index in [0.29, 0.717) is 25.2 Å². The third-order valence-corrected chi connectivity index (χ3v) is 8.66. The number of amides is 1. The molecule has 8 heteroatoms. The normalized spacial score (nSPS) is 32.1. The lowest BCUT2D eigenvalue weighted by molar-refractivity contribution is 0.00774. The van der Waals surface area contributed by atoms with Gasteiger partial charge < -0.3 is 10.1 Å². The SMILES string of the molecule is Cc1ccc(C(=O)NC[C@H]2[C@H]3CN(S(=O)(=O)N(C)C)C[C@]34CC[C@H]2O4)cc1C. The second kappa shape index (κ2) is 6.79. The lowest BCUT2D eigenvalue weighted by Gasteiger charge is -2.29. The van der Waals surface area contributed by atoms with Crippen molar-refractivity contribution in [3.8, 4) is 0 Å². The van der Waals surface area contributed by atoms with E-state index < -0.39 is 10.2 Å². The van der Waals surface area contributed by atoms with Crippen molar-refractivity contribution in [2.75, 3.05) is 33.7 Å². The van der Waals surface area contributed by atoms with Crippen LogP contribution in [-0.4, -0.2) is 68.4 Å². The first-order valence-corrected chi connectivity index (χ1v) is 11.2. The monoisotopic (exact) mass is 407 g/mol. The molecule has 1 aromatic carbocycles. The fraction of sp³-hybridized carbons (Fsp3) is 0.650. The molecule has 1 N–H and O–H groups in total. The Labute approximate surface area is 167 Å². The van der Waals surface area contributed by atoms with Gasteiger partial charge in [-0.05, 0) is 49.9 Å². The molecule has 3 saturated heterocycles. The molecule has 0 aliphatic carbocycles. The molecule has 1 aromatic rings. The van der Waals surface area contributed by atoms with Crippen LogP contribution >= 0.6 is 0 Å². The fourth-order valence-corrected chi connectivity index (χ4v) is 6.22. The summed E-state index contributed by atoms with van der Waals surface area (Å²) in [6.45, 7) is 5.41. The van der Waals surface area contributed by atoms with E-state index in [1.54, 1.807) is 14.1 Å². The summed E-state index contributed by atoms with van der Waals surface area (Å²) >= 11 is 0. The Kier molecular flexibility index (Phi) is 4.81. The molecule has 0 unspecified atom stereocenters. The topological polar surface area (TPSA) is 79.0 Å². The summed E-state index contributed by atoms with van der Waals surface area (Å²) in [6.07, 6.45) is 1.93. The largest absolute Gasteiger partial charge is 0.370 e. The molecule has 4 rings (SSSR count). The number of aryl methyl sites for hydroxylation is 2. The van der Waals surface area contributed by atoms with E-state index in [0.717, 1.165) is 24.0 Å². The molecule has 0 aromatic heterocycles. The van der Waals surface area contributed by atoms with Gasteiger partial charge in [0.1, 0.15) is 0 Å². The Morgan fingerprint density at radius 2 is 2.07 bits per heavy atom. The molecule has 1 amide bonds. The summed E-state index contributed by atoms with van der Waals surface area (Å²) in [4.78, 5) is 12.6. The third-order valence-electron chi connectivity index (χ3n) is 6.81. The minimum Gasteiger partial charge on any atom is -0.370 e. The van der Waals surface area contributed by atoms with Crippen LogP contribution in [-0.2, 0) is 14.9 Å². The van der Waals surface area contributed by atoms with E-state index in [-0.39, 0.29) is 29.4 Å². The van der Waals surface area contributed by atoms with Gasteiger partial charge >= 0.3 is 0 Å². The minimum absolute atomic E-state index is 0.0873. The summed E-state index contributed by atoms with van der Waals surface area (Å²) < 4.78 is 34.3. The number of rotatable bonds is 5. The van der Waals surface area contributed by atoms with Gasteiger partial charge in [0.25, 0.3) is 16.1 Å². The van der Waals surface area contributed by atoms with Crippen molar-refractivity contribution < 1.29 is 17.9 Å². The maximum absolute atomic E-state index is 12.6. The summed E-state index contributed by atoms with van der Waals surface area (Å²) in [5.41, 5.74) is 2.53. The molecule has 1 spiro atoms. The molecule has 0 saturated carbocycles. The fourth-order valence-electron chi connectivity index (χ4n) is 5.02. The van der Waals surface area contributed by atoms with Gasteiger partial charge in [-0.3, -0.25) is 4.79 Å². The van der Waals surface area contributed by atoms with Gasteiger partial charge in [0.05, 0.1) is 11.7 Å². The number of nitrogens with zero attached hydrogens (tertiary/aromatic N) is 2. The third kappa shape index (κ3) is 3.07. The lowest BCUT2D eigenvalue weighted by Crippen LogP contribution is -2.41. The number of hydrogen-bond acceptors (Lipinski definition) is 4. The zero-order chi connectivity index (χ0) is 20.3. The number of benzene rings is 1. The predicted molar refractivity (Wildman–Crippen MR) is 106 cm³/mol. The maximum Gasteiger partial charge on any atom is 0.281 e. The number of ether oxygens (including phenoxy) is 1. The Bertz CT molecular complexity index is 901. The lowest BCUT2D eigenvalue weighted by atomic mass is 9.73. The van der Waals surface area contributed by atoms with Crippen LogP contribution in [0.2, 0.25) is 0 Å². The second-order valence-electron chi connectivity index (χ2n) is 8.62. The highest BCUT2D eigenvalue weighted by Gasteiger charge is 2.64. The Hall–Kier alpha value is -1.48. The van der Waals surface area contributed by atoms with Gasteiger partial charge in [-0.1, -0.05) is 6.07 Å². The smallest absolute Gasteiger partial charge is 0.281 e. The van der Waals surface area contributed by atoms with Crippen LogP contribution < -0.4 is 5.32 Å². The Morgan fingerprint density at radius 3 is 2.75 bits per heavy atom. The second-order valence-corrected chi connectivity index (χ2v) is 10.8. The van der Waals surface area contributed by atoms with E-state index in [9.17, 15) is 13.2 Å². The summed E-state index contributed by atoms with van der Waals surface area (Å²) in [5.74, 6) is 0.184. The van der Waals surface area contributed by atoms with Crippen LogP contribution in [0.4, 0.5) is 0 Å². The van der Waals surface area contributed by atoms with Gasteiger partial charge in [-0.25, -0.2) is 0 Å². The zero-order valence-electron chi connectivity index (χ0n) is 16.9. The van der Waals surface area contributed by atoms with Crippen molar-refractivity contribution in [1.29, 1.82) is 0 Å². The zero-order valence-corrected chi connectivity index (χ0v) is 17.8. The minimum atomic E-state index is -3.46. The van der Waals surface area contributed by atoms with Crippen molar-refractivity contribution in [1.82, 2.24) is 13.9 Å². The van der Waals surface area contributed by atoms with Gasteiger partial charge in [0, 0.05) is 51.1 Å². The molecule has 3 fully saturated rings. The van der Waals surface area contributed by atoms with Crippen molar-refractivity contribution >= 4 is 16.1 Å². The molecule has 7 nitrogen and oxygen atoms in total. The van der Waals surface area contributed by atoms with E-state index >= 15 is 0 Å². The number of hydrogen-bond donors (Lipinski definition) is 1. The molecule has 3 aliphatic rings. The first kappa shape index (κ1) is 19.8. The van der Waals surface area contributed by atoms with Gasteiger partial charge in [-0.2, -0.15) is 17.0 Å². The number of nitrogens with one attached hydrogen (secondary N) is 1. The van der Waals surface area contributed by atoms with Gasteiger partial charge in [0.2, 0.25) is 0 Å². The first-order valence-electron chi connectivity index (χ1n) is 9.85. The van der Waals surface area contributed by atoms with E-state index in [1.807, 2.05) is 32.0 Å². The van der Waals surface area contributed by atoms with Crippen LogP contribution in [0.5, 0.6) is 0 Å². The molecule has 3 aliphatic heterocycles. The molecule has 2 bridgehead atoms. The highest BCUT2D eigenvalue weighted by molar-refractivity contribution is 7.86. The number of carbonyl (C=O) groups is 1. The number of carbonyl (C=O) groups excluding carboxylic acids is 1. The summed E-state index contributed by atoms with van der Waals surface area (Å²) in [6, 6.07) is 5.71. The molecule has 28 heavy (non-hydrogen) atoms. The quantitative estimate of drug-likeness (QED) is 0.799. The van der Waals surface area contributed by atoms with Crippen molar-refractivity contribution in [2.45, 2.75) is 38.4 Å². The van der Waals surface area contributed by atoms with Crippen molar-refractivity contribution in [2.24, 2.45) is 11.8 Å². The molecular weight excluding hydrogens is 378 g/mol. The first-order chi connectivity index (χ1) is 13.1. The molecule has 3 heterocycles. The maximum atomic E-state index is 12.6. The van der Waals surface area contributed by atoms with Crippen LogP contribution in [0.15, 0.2) is 18.2 Å². The average molecular weight is 408 g/mol. The van der Waals surface area contributed by atoms with Gasteiger partial charge in [-0.15, -0.1) is 0 Å². The van der Waals surface area contributed by atoms with Gasteiger partial charge in [0.15, 0.2) is 0 Å². The van der Waals surface area contributed by atoms with Crippen LogP contribution in [0, 0.1) is 25.7 Å². The van der Waals surface area contributed by atoms with E-state index in [1.165, 1.54) is 8.61 Å². The summed E-state index contributed by atoms with van der Waals surface area (Å²) in [7, 11) is -0.343. The molecule has 154 valence electrons. The highest BCUT2D eigenvalue weighted by Crippen LogP contribution is 2.55. The molecule has 0 radical (unpaired) electrons. The summed E-state index contributed by atoms with van der Waals surface area (Å²) in [5, 5.41) is 3.06. The van der Waals surface area contributed by atoms with E-state index in [4.69, 9.17) is 4.74 Å². The molecular formula is C20H29N3O4S. The van der Waals surface area contributed by atoms with Crippen LogP contribution in [0.25, 0.3) is 0 Å². The van der Waals surface area contributed by atoms with Crippen molar-refractivity contribution in [3.63, 3.8) is 0 Å². The Morgan fingerprint density at radius 1 is 1.32 bits per heavy atom. The average Bonchev–Trinajstić information content (AvgIpc) is 3.30. The highest BCUT2D eigenvalue weighted by atomic mass is 32.2. The number of fused-ring (bicyclic) bond motifs is 1. The van der Waals surface area contributed by atoms with E-state index in [2.05, 4.69) is 5.32 Å². The Balaban J connectivity index is 1.46. The van der Waals surface area contributed by atoms with Crippen LogP contribution in [0.3, 0.4) is 0 Å². The van der Waals surface area contributed by atoms with Crippen LogP contribution in [0.1, 0.15) is 34.3 Å². The van der Waals surface area contributed by atoms with Crippen molar-refractivity contribution in [3.05, 3.63) is 34.9 Å². The standard InChI is InChI=1S/C20H29N3O4S/c1-13-5-6-15(9-14(13)2)19(24)21-10-16-17-11-23(28(25,26)22(3)4)12-20(17)8-7-18(16)27-20/h5-6,9,16-18H,7-8,10-12H2,1-4H3,(H,21,24)/t16-,17+,18+,20+/m0/s1.